The predicted octanol–water partition coefficient (Wildman–Crippen LogP) is 3.53. The van der Waals surface area contributed by atoms with E-state index in [-0.39, 0.29) is 0 Å². The molecular formula is C21H25N5. The van der Waals surface area contributed by atoms with Crippen LogP contribution < -0.4 is 10.4 Å². The fourth-order valence-electron chi connectivity index (χ4n) is 5.20. The molecule has 1 fully saturated rings. The SMILES string of the molecule is CC(=N)n1nc(N2CCc3ccccc3C2)c2c(c1=N)C1CCC2CC1. The Balaban J connectivity index is 1.68. The Morgan fingerprint density at radius 3 is 2.38 bits per heavy atom. The van der Waals surface area contributed by atoms with Crippen LogP contribution in [0.15, 0.2) is 24.3 Å². The predicted molar refractivity (Wildman–Crippen MR) is 102 cm³/mol. The van der Waals surface area contributed by atoms with Crippen molar-refractivity contribution in [3.8, 4) is 0 Å². The lowest BCUT2D eigenvalue weighted by Gasteiger charge is -2.41. The van der Waals surface area contributed by atoms with E-state index < -0.39 is 0 Å². The van der Waals surface area contributed by atoms with Crippen LogP contribution in [0.25, 0.3) is 0 Å². The fourth-order valence-corrected chi connectivity index (χ4v) is 5.20. The second-order valence-electron chi connectivity index (χ2n) is 7.99. The second kappa shape index (κ2) is 5.79. The van der Waals surface area contributed by atoms with Gasteiger partial charge in [-0.1, -0.05) is 24.3 Å². The maximum Gasteiger partial charge on any atom is 0.153 e. The van der Waals surface area contributed by atoms with Crippen molar-refractivity contribution >= 4 is 11.7 Å². The highest BCUT2D eigenvalue weighted by atomic mass is 15.4. The number of nitrogens with zero attached hydrogens (tertiary/aromatic N) is 3. The summed E-state index contributed by atoms with van der Waals surface area (Å²) in [5, 5.41) is 21.6. The summed E-state index contributed by atoms with van der Waals surface area (Å²) in [4.78, 5) is 2.39. The van der Waals surface area contributed by atoms with E-state index in [1.54, 1.807) is 11.6 Å². The zero-order chi connectivity index (χ0) is 17.8. The topological polar surface area (TPSA) is 68.8 Å². The Labute approximate surface area is 153 Å². The van der Waals surface area contributed by atoms with Gasteiger partial charge in [-0.2, -0.15) is 0 Å². The van der Waals surface area contributed by atoms with Gasteiger partial charge in [-0.25, -0.2) is 4.68 Å². The van der Waals surface area contributed by atoms with Crippen LogP contribution in [0.1, 0.15) is 66.7 Å². The first-order valence-electron chi connectivity index (χ1n) is 9.72. The Bertz CT molecular complexity index is 949. The average molecular weight is 347 g/mol. The van der Waals surface area contributed by atoms with Gasteiger partial charge < -0.3 is 4.90 Å². The minimum atomic E-state index is 0.331. The quantitative estimate of drug-likeness (QED) is 0.612. The average Bonchev–Trinajstić information content (AvgIpc) is 2.68. The number of aromatic nitrogens is 2. The molecular weight excluding hydrogens is 322 g/mol. The largest absolute Gasteiger partial charge is 0.350 e. The Morgan fingerprint density at radius 2 is 1.69 bits per heavy atom. The first-order chi connectivity index (χ1) is 12.6. The highest BCUT2D eigenvalue weighted by molar-refractivity contribution is 5.78. The third-order valence-corrected chi connectivity index (χ3v) is 6.48. The minimum absolute atomic E-state index is 0.331. The van der Waals surface area contributed by atoms with E-state index in [1.165, 1.54) is 47.9 Å². The molecule has 1 aromatic heterocycles. The third-order valence-electron chi connectivity index (χ3n) is 6.48. The van der Waals surface area contributed by atoms with Crippen LogP contribution in [0.5, 0.6) is 0 Å². The van der Waals surface area contributed by atoms with E-state index in [0.717, 1.165) is 25.3 Å². The van der Waals surface area contributed by atoms with Crippen LogP contribution in [0.4, 0.5) is 5.82 Å². The van der Waals surface area contributed by atoms with Crippen molar-refractivity contribution in [1.82, 2.24) is 9.78 Å². The molecule has 1 aliphatic heterocycles. The number of anilines is 1. The maximum atomic E-state index is 8.68. The number of hydrogen-bond acceptors (Lipinski definition) is 4. The van der Waals surface area contributed by atoms with Gasteiger partial charge in [0.1, 0.15) is 5.84 Å². The standard InChI is InChI=1S/C21H25N5/c1-13(22)26-20(23)18-15-6-8-16(9-7-15)19(18)21(24-26)25-11-10-14-4-2-3-5-17(14)12-25/h2-5,15-16,22-23H,6-12H2,1H3. The van der Waals surface area contributed by atoms with Crippen molar-refractivity contribution in [2.24, 2.45) is 0 Å². The molecule has 2 heterocycles. The van der Waals surface area contributed by atoms with Crippen LogP contribution in [0.2, 0.25) is 0 Å². The molecule has 2 aromatic rings. The molecule has 3 aliphatic carbocycles. The zero-order valence-electron chi connectivity index (χ0n) is 15.3. The highest BCUT2D eigenvalue weighted by Crippen LogP contribution is 2.50. The van der Waals surface area contributed by atoms with Crippen molar-refractivity contribution in [2.75, 3.05) is 11.4 Å². The maximum absolute atomic E-state index is 8.68. The summed E-state index contributed by atoms with van der Waals surface area (Å²) in [7, 11) is 0. The van der Waals surface area contributed by atoms with Gasteiger partial charge in [0.05, 0.1) is 0 Å². The smallest absolute Gasteiger partial charge is 0.153 e. The van der Waals surface area contributed by atoms with E-state index in [2.05, 4.69) is 29.2 Å². The molecule has 134 valence electrons. The minimum Gasteiger partial charge on any atom is -0.350 e. The van der Waals surface area contributed by atoms with Crippen molar-refractivity contribution in [3.05, 3.63) is 52.0 Å². The fraction of sp³-hybridized carbons (Fsp3) is 0.476. The summed E-state index contributed by atoms with van der Waals surface area (Å²) in [5.74, 6) is 2.38. The van der Waals surface area contributed by atoms with Gasteiger partial charge >= 0.3 is 0 Å². The van der Waals surface area contributed by atoms with Crippen molar-refractivity contribution in [3.63, 3.8) is 0 Å². The van der Waals surface area contributed by atoms with E-state index in [4.69, 9.17) is 15.9 Å². The molecule has 0 saturated heterocycles. The molecule has 0 atom stereocenters. The molecule has 0 unspecified atom stereocenters. The lowest BCUT2D eigenvalue weighted by Crippen LogP contribution is -2.41. The van der Waals surface area contributed by atoms with Crippen molar-refractivity contribution in [1.29, 1.82) is 10.8 Å². The van der Waals surface area contributed by atoms with Gasteiger partial charge in [0, 0.05) is 24.2 Å². The van der Waals surface area contributed by atoms with Crippen LogP contribution in [-0.4, -0.2) is 22.2 Å². The number of benzene rings is 1. The normalized spacial score (nSPS) is 23.5. The lowest BCUT2D eigenvalue weighted by molar-refractivity contribution is 0.350. The lowest BCUT2D eigenvalue weighted by atomic mass is 9.67. The molecule has 26 heavy (non-hydrogen) atoms. The van der Waals surface area contributed by atoms with E-state index in [9.17, 15) is 0 Å². The monoisotopic (exact) mass is 347 g/mol. The number of nitrogens with one attached hydrogen (secondary N) is 2. The molecule has 5 nitrogen and oxygen atoms in total. The Kier molecular flexibility index (Phi) is 3.52. The van der Waals surface area contributed by atoms with E-state index in [0.29, 0.717) is 23.2 Å². The van der Waals surface area contributed by atoms with Crippen molar-refractivity contribution < 1.29 is 0 Å². The molecule has 5 heteroatoms. The molecule has 2 N–H and O–H groups in total. The molecule has 0 spiro atoms. The number of rotatable bonds is 1. The van der Waals surface area contributed by atoms with Crippen LogP contribution in [-0.2, 0) is 13.0 Å². The summed E-state index contributed by atoms with van der Waals surface area (Å²) in [6.07, 6.45) is 5.86. The van der Waals surface area contributed by atoms with Gasteiger partial charge in [0.25, 0.3) is 0 Å². The summed E-state index contributed by atoms with van der Waals surface area (Å²) in [6.45, 7) is 3.57. The molecule has 1 aromatic carbocycles. The van der Waals surface area contributed by atoms with Crippen LogP contribution in [0, 0.1) is 10.8 Å². The number of fused-ring (bicyclic) bond motifs is 3. The molecule has 0 amide bonds. The van der Waals surface area contributed by atoms with E-state index in [1.807, 2.05) is 0 Å². The summed E-state index contributed by atoms with van der Waals surface area (Å²) < 4.78 is 1.55. The van der Waals surface area contributed by atoms with Gasteiger partial charge in [-0.3, -0.25) is 10.8 Å². The van der Waals surface area contributed by atoms with E-state index >= 15 is 0 Å². The molecule has 6 rings (SSSR count). The van der Waals surface area contributed by atoms with Gasteiger partial charge in [0.15, 0.2) is 11.3 Å². The summed E-state index contributed by atoms with van der Waals surface area (Å²) in [6, 6.07) is 8.68. The molecule has 2 bridgehead atoms. The number of hydrogen-bond donors (Lipinski definition) is 2. The Hall–Kier alpha value is -2.43. The summed E-state index contributed by atoms with van der Waals surface area (Å²) in [5.41, 5.74) is 5.77. The zero-order valence-corrected chi connectivity index (χ0v) is 15.3. The Morgan fingerprint density at radius 1 is 1.04 bits per heavy atom. The van der Waals surface area contributed by atoms with Gasteiger partial charge in [-0.05, 0) is 62.0 Å². The van der Waals surface area contributed by atoms with Gasteiger partial charge in [0.2, 0.25) is 0 Å². The van der Waals surface area contributed by atoms with Crippen LogP contribution >= 0.6 is 0 Å². The molecule has 0 radical (unpaired) electrons. The van der Waals surface area contributed by atoms with Gasteiger partial charge in [-0.15, -0.1) is 5.10 Å². The molecule has 4 aliphatic rings. The van der Waals surface area contributed by atoms with Crippen molar-refractivity contribution in [2.45, 2.75) is 57.4 Å². The summed E-state index contributed by atoms with van der Waals surface area (Å²) >= 11 is 0. The highest BCUT2D eigenvalue weighted by Gasteiger charge is 2.38. The molecule has 1 saturated carbocycles. The second-order valence-corrected chi connectivity index (χ2v) is 7.99. The first-order valence-corrected chi connectivity index (χ1v) is 9.72. The third kappa shape index (κ3) is 2.26. The van der Waals surface area contributed by atoms with Crippen LogP contribution in [0.3, 0.4) is 0 Å². The first kappa shape index (κ1) is 15.8.